The van der Waals surface area contributed by atoms with Crippen molar-refractivity contribution in [3.8, 4) is 5.75 Å². The van der Waals surface area contributed by atoms with Gasteiger partial charge in [-0.2, -0.15) is 0 Å². The van der Waals surface area contributed by atoms with Crippen LogP contribution >= 0.6 is 27.7 Å². The number of hydrogen-bond donors (Lipinski definition) is 1. The highest BCUT2D eigenvalue weighted by atomic mass is 79.9. The van der Waals surface area contributed by atoms with Crippen molar-refractivity contribution < 1.29 is 28.7 Å². The molecule has 9 heteroatoms. The van der Waals surface area contributed by atoms with Gasteiger partial charge in [-0.25, -0.2) is 4.79 Å². The Morgan fingerprint density at radius 1 is 1.10 bits per heavy atom. The molecule has 4 rings (SSSR count). The highest BCUT2D eigenvalue weighted by molar-refractivity contribution is 9.10. The van der Waals surface area contributed by atoms with Gasteiger partial charge in [0.25, 0.3) is 5.24 Å². The number of rotatable bonds is 5. The number of imide groups is 1. The number of halogens is 1. The fourth-order valence-corrected chi connectivity index (χ4v) is 3.98. The topological polar surface area (TPSA) is 98.8 Å². The molecule has 2 aliphatic rings. The lowest BCUT2D eigenvalue weighted by Gasteiger charge is -2.06. The maximum absolute atomic E-state index is 12.2. The van der Waals surface area contributed by atoms with Gasteiger partial charge in [0.1, 0.15) is 16.8 Å². The van der Waals surface area contributed by atoms with Crippen LogP contribution in [0.4, 0.5) is 4.79 Å². The van der Waals surface area contributed by atoms with Crippen LogP contribution in [0.15, 0.2) is 64.7 Å². The van der Waals surface area contributed by atoms with Gasteiger partial charge in [0, 0.05) is 10.0 Å². The normalized spacial score (nSPS) is 19.3. The molecule has 0 spiro atoms. The number of benzene rings is 2. The summed E-state index contributed by atoms with van der Waals surface area (Å²) < 4.78 is 11.5. The summed E-state index contributed by atoms with van der Waals surface area (Å²) in [4.78, 5) is 46.9. The van der Waals surface area contributed by atoms with Gasteiger partial charge in [-0.1, -0.05) is 52.0 Å². The Bertz CT molecular complexity index is 1140. The van der Waals surface area contributed by atoms with Crippen molar-refractivity contribution in [2.24, 2.45) is 0 Å². The van der Waals surface area contributed by atoms with Gasteiger partial charge in [0.15, 0.2) is 0 Å². The number of hydrogen-bond acceptors (Lipinski definition) is 7. The SMILES string of the molecule is O=C(C[C@@H]1SC(=O)NC1=O)Oc1ccc(/C=C2\C=C(c3ccc(Br)cc3)OC2=O)cc1. The second-order valence-electron chi connectivity index (χ2n) is 6.64. The van der Waals surface area contributed by atoms with Crippen molar-refractivity contribution in [1.29, 1.82) is 0 Å². The zero-order valence-electron chi connectivity index (χ0n) is 15.8. The van der Waals surface area contributed by atoms with Crippen LogP contribution in [0.25, 0.3) is 11.8 Å². The summed E-state index contributed by atoms with van der Waals surface area (Å²) >= 11 is 4.14. The number of amides is 2. The minimum Gasteiger partial charge on any atom is -0.426 e. The van der Waals surface area contributed by atoms with E-state index in [0.717, 1.165) is 27.4 Å². The molecule has 2 aromatic carbocycles. The zero-order valence-corrected chi connectivity index (χ0v) is 18.2. The lowest BCUT2D eigenvalue weighted by atomic mass is 10.1. The Balaban J connectivity index is 1.41. The van der Waals surface area contributed by atoms with Gasteiger partial charge in [-0.05, 0) is 42.0 Å². The third kappa shape index (κ3) is 5.12. The number of carbonyl (C=O) groups excluding carboxylic acids is 4. The molecule has 0 saturated carbocycles. The van der Waals surface area contributed by atoms with Crippen molar-refractivity contribution in [3.63, 3.8) is 0 Å². The average molecular weight is 500 g/mol. The van der Waals surface area contributed by atoms with Crippen LogP contribution in [0.3, 0.4) is 0 Å². The molecule has 1 N–H and O–H groups in total. The lowest BCUT2D eigenvalue weighted by molar-refractivity contribution is -0.136. The van der Waals surface area contributed by atoms with E-state index >= 15 is 0 Å². The Hall–Kier alpha value is -3.17. The Labute approximate surface area is 189 Å². The van der Waals surface area contributed by atoms with Crippen LogP contribution in [0, 0.1) is 0 Å². The van der Waals surface area contributed by atoms with Gasteiger partial charge in [0.2, 0.25) is 5.91 Å². The molecule has 1 atom stereocenters. The zero-order chi connectivity index (χ0) is 22.0. The van der Waals surface area contributed by atoms with Gasteiger partial charge in [-0.15, -0.1) is 0 Å². The summed E-state index contributed by atoms with van der Waals surface area (Å²) in [5.74, 6) is -0.790. The van der Waals surface area contributed by atoms with E-state index in [1.807, 2.05) is 24.3 Å². The molecule has 7 nitrogen and oxygen atoms in total. The smallest absolute Gasteiger partial charge is 0.343 e. The molecule has 0 aromatic heterocycles. The predicted molar refractivity (Wildman–Crippen MR) is 118 cm³/mol. The molecule has 2 aliphatic heterocycles. The van der Waals surface area contributed by atoms with E-state index in [-0.39, 0.29) is 6.42 Å². The molecule has 2 aromatic rings. The molecule has 1 fully saturated rings. The third-order valence-corrected chi connectivity index (χ3v) is 5.92. The van der Waals surface area contributed by atoms with Crippen LogP contribution < -0.4 is 10.1 Å². The molecule has 1 saturated heterocycles. The Morgan fingerprint density at radius 3 is 2.45 bits per heavy atom. The van der Waals surface area contributed by atoms with Crippen LogP contribution in [-0.2, 0) is 19.1 Å². The summed E-state index contributed by atoms with van der Waals surface area (Å²) in [5.41, 5.74) is 1.91. The largest absolute Gasteiger partial charge is 0.426 e. The van der Waals surface area contributed by atoms with E-state index in [9.17, 15) is 19.2 Å². The molecule has 31 heavy (non-hydrogen) atoms. The summed E-state index contributed by atoms with van der Waals surface area (Å²) in [6, 6.07) is 14.0. The van der Waals surface area contributed by atoms with E-state index in [2.05, 4.69) is 21.2 Å². The monoisotopic (exact) mass is 499 g/mol. The van der Waals surface area contributed by atoms with Crippen LogP contribution in [0.5, 0.6) is 5.75 Å². The van der Waals surface area contributed by atoms with Crippen molar-refractivity contribution in [1.82, 2.24) is 5.32 Å². The van der Waals surface area contributed by atoms with E-state index in [1.54, 1.807) is 36.4 Å². The second kappa shape index (κ2) is 8.91. The molecule has 0 bridgehead atoms. The second-order valence-corrected chi connectivity index (χ2v) is 8.73. The molecule has 156 valence electrons. The molecule has 2 heterocycles. The molecular weight excluding hydrogens is 486 g/mol. The number of esters is 2. The van der Waals surface area contributed by atoms with Crippen molar-refractivity contribution >= 4 is 62.6 Å². The van der Waals surface area contributed by atoms with Crippen LogP contribution in [-0.4, -0.2) is 28.3 Å². The fourth-order valence-electron chi connectivity index (χ4n) is 2.91. The average Bonchev–Trinajstić information content (AvgIpc) is 3.25. The minimum atomic E-state index is -0.774. The first-order valence-corrected chi connectivity index (χ1v) is 10.8. The first-order chi connectivity index (χ1) is 14.9. The number of cyclic esters (lactones) is 1. The summed E-state index contributed by atoms with van der Waals surface area (Å²) in [5, 5.41) is 0.880. The first-order valence-electron chi connectivity index (χ1n) is 9.11. The summed E-state index contributed by atoms with van der Waals surface area (Å²) in [6.07, 6.45) is 3.14. The fraction of sp³-hybridized carbons (Fsp3) is 0.0909. The summed E-state index contributed by atoms with van der Waals surface area (Å²) in [6.45, 7) is 0. The Morgan fingerprint density at radius 2 is 1.81 bits per heavy atom. The molecule has 0 radical (unpaired) electrons. The Kier molecular flexibility index (Phi) is 6.06. The van der Waals surface area contributed by atoms with Gasteiger partial charge >= 0.3 is 11.9 Å². The van der Waals surface area contributed by atoms with Crippen LogP contribution in [0.1, 0.15) is 17.5 Å². The van der Waals surface area contributed by atoms with E-state index in [4.69, 9.17) is 9.47 Å². The predicted octanol–water partition coefficient (Wildman–Crippen LogP) is 4.08. The third-order valence-electron chi connectivity index (χ3n) is 4.41. The van der Waals surface area contributed by atoms with Crippen molar-refractivity contribution in [3.05, 3.63) is 75.8 Å². The quantitative estimate of drug-likeness (QED) is 0.375. The highest BCUT2D eigenvalue weighted by Crippen LogP contribution is 2.29. The number of nitrogens with one attached hydrogen (secondary N) is 1. The standard InChI is InChI=1S/C22H14BrNO6S/c23-15-5-3-13(4-6-15)17-10-14(21(27)30-17)9-12-1-7-16(8-2-12)29-19(25)11-18-20(26)24-22(28)31-18/h1-10,18H,11H2,(H,24,26,28)/b14-9+/t18-/m0/s1. The minimum absolute atomic E-state index is 0.205. The molecule has 2 amide bonds. The van der Waals surface area contributed by atoms with E-state index in [1.165, 1.54) is 0 Å². The molecule has 0 unspecified atom stereocenters. The maximum Gasteiger partial charge on any atom is 0.343 e. The van der Waals surface area contributed by atoms with Gasteiger partial charge in [0.05, 0.1) is 12.0 Å². The number of ether oxygens (including phenoxy) is 2. The lowest BCUT2D eigenvalue weighted by Crippen LogP contribution is -2.27. The number of thioether (sulfide) groups is 1. The molecular formula is C22H14BrNO6S. The van der Waals surface area contributed by atoms with E-state index in [0.29, 0.717) is 17.1 Å². The van der Waals surface area contributed by atoms with Crippen LogP contribution in [0.2, 0.25) is 0 Å². The van der Waals surface area contributed by atoms with Gasteiger partial charge in [-0.3, -0.25) is 19.7 Å². The van der Waals surface area contributed by atoms with E-state index < -0.39 is 28.3 Å². The van der Waals surface area contributed by atoms with Gasteiger partial charge < -0.3 is 9.47 Å². The first kappa shape index (κ1) is 21.1. The number of carbonyl (C=O) groups is 4. The van der Waals surface area contributed by atoms with Crippen molar-refractivity contribution in [2.45, 2.75) is 11.7 Å². The highest BCUT2D eigenvalue weighted by Gasteiger charge is 2.33. The summed E-state index contributed by atoms with van der Waals surface area (Å²) in [7, 11) is 0. The maximum atomic E-state index is 12.2. The molecule has 0 aliphatic carbocycles. The van der Waals surface area contributed by atoms with Crippen molar-refractivity contribution in [2.75, 3.05) is 0 Å².